The van der Waals surface area contributed by atoms with E-state index in [0.717, 1.165) is 88.2 Å². The van der Waals surface area contributed by atoms with Crippen molar-refractivity contribution in [2.45, 2.75) is 271 Å². The second-order valence-corrected chi connectivity index (χ2v) is 21.3. The number of aliphatic hydroxyl groups excluding tert-OH is 4. The SMILES string of the molecule is CCCCCCCCCCNC(=O)C(O)CN(Cc1ccc(CN(CC(O)C(=O)NCCCCCCCCCC)CC(O)C(=O)NCCCCCCCCCC)cc1)CC(O)C(=O)NCCCCCCCCCC. The molecule has 0 bridgehead atoms. The molecule has 14 heteroatoms. The quantitative estimate of drug-likeness (QED) is 0.0290. The van der Waals surface area contributed by atoms with Crippen LogP contribution in [0, 0.1) is 0 Å². The van der Waals surface area contributed by atoms with E-state index in [1.165, 1.54) is 128 Å². The van der Waals surface area contributed by atoms with E-state index in [1.807, 2.05) is 24.3 Å². The van der Waals surface area contributed by atoms with Crippen LogP contribution in [0.5, 0.6) is 0 Å². The van der Waals surface area contributed by atoms with Gasteiger partial charge in [0.1, 0.15) is 24.4 Å². The third-order valence-corrected chi connectivity index (χ3v) is 14.1. The van der Waals surface area contributed by atoms with E-state index in [4.69, 9.17) is 0 Å². The molecule has 0 radical (unpaired) electrons. The van der Waals surface area contributed by atoms with Gasteiger partial charge in [-0.05, 0) is 36.8 Å². The lowest BCUT2D eigenvalue weighted by molar-refractivity contribution is -0.133. The summed E-state index contributed by atoms with van der Waals surface area (Å²) < 4.78 is 0. The Hall–Kier alpha value is -3.14. The number of carbonyl (C=O) groups excluding carboxylic acids is 4. The molecule has 14 nitrogen and oxygen atoms in total. The maximum Gasteiger partial charge on any atom is 0.250 e. The molecule has 4 atom stereocenters. The van der Waals surface area contributed by atoms with E-state index in [9.17, 15) is 39.6 Å². The number of rotatable bonds is 52. The second-order valence-electron chi connectivity index (χ2n) is 21.3. The predicted octanol–water partition coefficient (Wildman–Crippen LogP) is 9.76. The highest BCUT2D eigenvalue weighted by atomic mass is 16.3. The fraction of sp³-hybridized carbons (Fsp3) is 0.833. The monoisotopic (exact) mass is 1040 g/mol. The van der Waals surface area contributed by atoms with Gasteiger partial charge in [0.05, 0.1) is 0 Å². The average molecular weight is 1050 g/mol. The van der Waals surface area contributed by atoms with E-state index in [2.05, 4.69) is 49.0 Å². The lowest BCUT2D eigenvalue weighted by Gasteiger charge is -2.28. The maximum absolute atomic E-state index is 13.1. The number of nitrogens with one attached hydrogen (secondary N) is 4. The van der Waals surface area contributed by atoms with Gasteiger partial charge in [-0.15, -0.1) is 0 Å². The first-order valence-corrected chi connectivity index (χ1v) is 30.3. The first-order valence-electron chi connectivity index (χ1n) is 30.3. The summed E-state index contributed by atoms with van der Waals surface area (Å²) in [5.41, 5.74) is 1.61. The summed E-state index contributed by atoms with van der Waals surface area (Å²) in [5, 5.41) is 55.8. The first kappa shape index (κ1) is 68.9. The highest BCUT2D eigenvalue weighted by Crippen LogP contribution is 2.15. The smallest absolute Gasteiger partial charge is 0.250 e. The Balaban J connectivity index is 3.04. The number of nitrogens with zero attached hydrogens (tertiary/aromatic N) is 2. The fourth-order valence-electron chi connectivity index (χ4n) is 9.34. The molecule has 8 N–H and O–H groups in total. The van der Waals surface area contributed by atoms with Gasteiger partial charge in [-0.3, -0.25) is 29.0 Å². The molecule has 0 aromatic heterocycles. The largest absolute Gasteiger partial charge is 0.382 e. The van der Waals surface area contributed by atoms with Crippen LogP contribution in [0.15, 0.2) is 24.3 Å². The molecule has 0 aliphatic carbocycles. The van der Waals surface area contributed by atoms with Gasteiger partial charge in [0.15, 0.2) is 0 Å². The summed E-state index contributed by atoms with van der Waals surface area (Å²) in [7, 11) is 0. The highest BCUT2D eigenvalue weighted by Gasteiger charge is 2.26. The van der Waals surface area contributed by atoms with Crippen molar-refractivity contribution in [1.82, 2.24) is 31.1 Å². The molecule has 1 aromatic carbocycles. The van der Waals surface area contributed by atoms with Crippen LogP contribution in [0.2, 0.25) is 0 Å². The van der Waals surface area contributed by atoms with Crippen molar-refractivity contribution in [2.24, 2.45) is 0 Å². The number of aliphatic hydroxyl groups is 4. The van der Waals surface area contributed by atoms with Crippen LogP contribution in [0.1, 0.15) is 244 Å². The van der Waals surface area contributed by atoms with Gasteiger partial charge < -0.3 is 41.7 Å². The lowest BCUT2D eigenvalue weighted by Crippen LogP contribution is -2.48. The maximum atomic E-state index is 13.1. The van der Waals surface area contributed by atoms with E-state index in [1.54, 1.807) is 9.80 Å². The Kier molecular flexibility index (Phi) is 44.9. The average Bonchev–Trinajstić information content (AvgIpc) is 3.39. The highest BCUT2D eigenvalue weighted by molar-refractivity contribution is 5.82. The van der Waals surface area contributed by atoms with Gasteiger partial charge in [-0.1, -0.05) is 232 Å². The molecule has 0 saturated carbocycles. The zero-order valence-electron chi connectivity index (χ0n) is 47.6. The third-order valence-electron chi connectivity index (χ3n) is 14.1. The number of carbonyl (C=O) groups is 4. The minimum absolute atomic E-state index is 0.0981. The molecule has 0 fully saturated rings. The predicted molar refractivity (Wildman–Crippen MR) is 304 cm³/mol. The molecule has 0 heterocycles. The summed E-state index contributed by atoms with van der Waals surface area (Å²) >= 11 is 0. The molecule has 0 spiro atoms. The molecule has 1 rings (SSSR count). The van der Waals surface area contributed by atoms with Crippen molar-refractivity contribution >= 4 is 23.6 Å². The number of amides is 4. The molecule has 74 heavy (non-hydrogen) atoms. The van der Waals surface area contributed by atoms with E-state index < -0.39 is 48.0 Å². The number of hydrogen-bond acceptors (Lipinski definition) is 10. The van der Waals surface area contributed by atoms with Gasteiger partial charge in [0.25, 0.3) is 0 Å². The lowest BCUT2D eigenvalue weighted by atomic mass is 10.1. The Morgan fingerprint density at radius 1 is 0.324 bits per heavy atom. The number of hydrogen-bond donors (Lipinski definition) is 8. The van der Waals surface area contributed by atoms with Crippen LogP contribution < -0.4 is 21.3 Å². The summed E-state index contributed by atoms with van der Waals surface area (Å²) in [4.78, 5) is 55.7. The fourth-order valence-corrected chi connectivity index (χ4v) is 9.34. The van der Waals surface area contributed by atoms with Crippen LogP contribution in [0.3, 0.4) is 0 Å². The Morgan fingerprint density at radius 2 is 0.500 bits per heavy atom. The third kappa shape index (κ3) is 38.4. The van der Waals surface area contributed by atoms with Crippen molar-refractivity contribution in [2.75, 3.05) is 52.4 Å². The zero-order chi connectivity index (χ0) is 54.3. The normalized spacial score (nSPS) is 13.2. The Morgan fingerprint density at radius 3 is 0.689 bits per heavy atom. The molecule has 430 valence electrons. The number of unbranched alkanes of at least 4 members (excludes halogenated alkanes) is 28. The van der Waals surface area contributed by atoms with Crippen molar-refractivity contribution in [1.29, 1.82) is 0 Å². The van der Waals surface area contributed by atoms with Gasteiger partial charge in [-0.2, -0.15) is 0 Å². The molecule has 0 aliphatic heterocycles. The summed E-state index contributed by atoms with van der Waals surface area (Å²) in [6.07, 6.45) is 30.9. The number of benzene rings is 1. The molecule has 0 aliphatic rings. The van der Waals surface area contributed by atoms with Crippen molar-refractivity contribution in [3.8, 4) is 0 Å². The second kappa shape index (κ2) is 48.2. The summed E-state index contributed by atoms with van der Waals surface area (Å²) in [5.74, 6) is -1.96. The van der Waals surface area contributed by atoms with Crippen molar-refractivity contribution < 1.29 is 39.6 Å². The van der Waals surface area contributed by atoms with Crippen molar-refractivity contribution in [3.63, 3.8) is 0 Å². The van der Waals surface area contributed by atoms with Crippen molar-refractivity contribution in [3.05, 3.63) is 35.4 Å². The van der Waals surface area contributed by atoms with E-state index >= 15 is 0 Å². The van der Waals surface area contributed by atoms with E-state index in [0.29, 0.717) is 26.2 Å². The van der Waals surface area contributed by atoms with Crippen LogP contribution >= 0.6 is 0 Å². The minimum atomic E-state index is -1.38. The molecule has 4 unspecified atom stereocenters. The minimum Gasteiger partial charge on any atom is -0.382 e. The van der Waals surface area contributed by atoms with Gasteiger partial charge in [-0.25, -0.2) is 0 Å². The summed E-state index contributed by atoms with van der Waals surface area (Å²) in [6.45, 7) is 10.8. The summed E-state index contributed by atoms with van der Waals surface area (Å²) in [6, 6.07) is 7.52. The molecule has 1 aromatic rings. The van der Waals surface area contributed by atoms with Crippen LogP contribution in [-0.4, -0.2) is 131 Å². The Labute approximate surface area is 451 Å². The molecular weight excluding hydrogens is 933 g/mol. The van der Waals surface area contributed by atoms with Crippen LogP contribution in [0.4, 0.5) is 0 Å². The first-order chi connectivity index (χ1) is 35.9. The van der Waals surface area contributed by atoms with E-state index in [-0.39, 0.29) is 39.3 Å². The molecule has 0 saturated heterocycles. The Bertz CT molecular complexity index is 1310. The van der Waals surface area contributed by atoms with Gasteiger partial charge in [0, 0.05) is 65.4 Å². The standard InChI is InChI=1S/C60H112N6O8/c1-5-9-13-17-21-25-29-33-41-61-57(71)53(67)47-65(48-54(68)58(72)62-42-34-30-26-22-18-14-10-6-2)45-51-37-39-52(40-38-51)46-66(49-55(69)59(73)63-43-35-31-27-23-19-15-11-7-3)50-56(70)60(74)64-44-36-32-28-24-20-16-12-8-4/h37-40,53-56,67-70H,5-36,41-50H2,1-4H3,(H,61,71)(H,62,72)(H,63,73)(H,64,74). The zero-order valence-corrected chi connectivity index (χ0v) is 47.6. The topological polar surface area (TPSA) is 204 Å². The van der Waals surface area contributed by atoms with Gasteiger partial charge >= 0.3 is 0 Å². The van der Waals surface area contributed by atoms with Crippen LogP contribution in [-0.2, 0) is 32.3 Å². The van der Waals surface area contributed by atoms with Crippen LogP contribution in [0.25, 0.3) is 0 Å². The van der Waals surface area contributed by atoms with Gasteiger partial charge in [0.2, 0.25) is 23.6 Å². The molecule has 4 amide bonds. The molecular formula is C60H112N6O8.